The number of hydrogen-bond donors (Lipinski definition) is 1. The quantitative estimate of drug-likeness (QED) is 0.381. The van der Waals surface area contributed by atoms with Crippen molar-refractivity contribution in [2.45, 2.75) is 41.3 Å². The van der Waals surface area contributed by atoms with Crippen molar-refractivity contribution in [1.82, 2.24) is 4.31 Å². The van der Waals surface area contributed by atoms with E-state index in [1.54, 1.807) is 6.07 Å². The van der Waals surface area contributed by atoms with Gasteiger partial charge in [0.15, 0.2) is 28.3 Å². The Morgan fingerprint density at radius 2 is 1.95 bits per heavy atom. The summed E-state index contributed by atoms with van der Waals surface area (Å²) in [6.45, 7) is -0.254. The number of ketones is 1. The first-order valence-corrected chi connectivity index (χ1v) is 13.0. The normalized spacial score (nSPS) is 25.2. The van der Waals surface area contributed by atoms with Gasteiger partial charge in [0.05, 0.1) is 34.0 Å². The van der Waals surface area contributed by atoms with Crippen LogP contribution >= 0.6 is 0 Å². The molecule has 0 bridgehead atoms. The molecule has 3 aliphatic rings. The molecule has 13 nitrogen and oxygen atoms in total. The number of carbonyl (C=O) groups excluding carboxylic acids is 1. The Hall–Kier alpha value is -3.88. The molecule has 3 atom stereocenters. The Bertz CT molecular complexity index is 1540. The first kappa shape index (κ1) is 25.8. The molecule has 0 aromatic heterocycles. The van der Waals surface area contributed by atoms with Gasteiger partial charge in [0.1, 0.15) is 0 Å². The maximum Gasteiger partial charge on any atom is 0.296 e. The number of ether oxygens (including phenoxy) is 2. The van der Waals surface area contributed by atoms with E-state index in [0.717, 1.165) is 22.0 Å². The zero-order valence-electron chi connectivity index (χ0n) is 20.3. The number of aryl methyl sites for hydroxylation is 1. The Morgan fingerprint density at radius 1 is 1.21 bits per heavy atom. The third-order valence-corrected chi connectivity index (χ3v) is 9.65. The summed E-state index contributed by atoms with van der Waals surface area (Å²) >= 11 is 0. The lowest BCUT2D eigenvalue weighted by atomic mass is 9.54. The number of aliphatic hydroxyl groups is 1. The van der Waals surface area contributed by atoms with E-state index in [4.69, 9.17) is 9.47 Å². The second-order valence-corrected chi connectivity index (χ2v) is 11.5. The van der Waals surface area contributed by atoms with Crippen molar-refractivity contribution in [2.75, 3.05) is 20.7 Å². The molecule has 1 heterocycles. The molecule has 0 saturated carbocycles. The Labute approximate surface area is 216 Å². The molecular formula is C24H23N3O10S. The lowest BCUT2D eigenvalue weighted by Crippen LogP contribution is -2.63. The largest absolute Gasteiger partial charge is 0.493 e. The smallest absolute Gasteiger partial charge is 0.296 e. The van der Waals surface area contributed by atoms with Crippen molar-refractivity contribution in [1.29, 1.82) is 0 Å². The van der Waals surface area contributed by atoms with Crippen LogP contribution in [0.2, 0.25) is 0 Å². The van der Waals surface area contributed by atoms with Gasteiger partial charge in [-0.2, -0.15) is 0 Å². The van der Waals surface area contributed by atoms with Crippen LogP contribution in [-0.2, 0) is 26.7 Å². The second kappa shape index (κ2) is 8.58. The van der Waals surface area contributed by atoms with Gasteiger partial charge in [0.2, 0.25) is 10.0 Å². The summed E-state index contributed by atoms with van der Waals surface area (Å²) in [6, 6.07) is 5.84. The molecule has 38 heavy (non-hydrogen) atoms. The number of hydrogen-bond acceptors (Lipinski definition) is 10. The maximum absolute atomic E-state index is 13.4. The monoisotopic (exact) mass is 545 g/mol. The van der Waals surface area contributed by atoms with Crippen LogP contribution < -0.4 is 9.47 Å². The summed E-state index contributed by atoms with van der Waals surface area (Å²) in [5.74, 6) is 0.302. The lowest BCUT2D eigenvalue weighted by molar-refractivity contribution is -0.396. The number of methoxy groups -OCH3 is 1. The molecule has 0 unspecified atom stereocenters. The van der Waals surface area contributed by atoms with Crippen molar-refractivity contribution >= 4 is 27.2 Å². The van der Waals surface area contributed by atoms with Gasteiger partial charge in [0, 0.05) is 25.2 Å². The minimum atomic E-state index is -4.50. The molecule has 0 amide bonds. The third-order valence-electron chi connectivity index (χ3n) is 7.75. The van der Waals surface area contributed by atoms with E-state index in [1.807, 2.05) is 6.07 Å². The van der Waals surface area contributed by atoms with E-state index in [-0.39, 0.29) is 19.4 Å². The van der Waals surface area contributed by atoms with E-state index in [1.165, 1.54) is 26.3 Å². The van der Waals surface area contributed by atoms with Crippen LogP contribution in [0.3, 0.4) is 0 Å². The number of sulfonamides is 1. The average molecular weight is 546 g/mol. The van der Waals surface area contributed by atoms with Crippen molar-refractivity contribution < 1.29 is 37.6 Å². The van der Waals surface area contributed by atoms with E-state index in [2.05, 4.69) is 0 Å². The van der Waals surface area contributed by atoms with E-state index in [0.29, 0.717) is 29.5 Å². The SMILES string of the molecule is COc1ccc2c3c1O[C@H]1C(=O)C=C[C@@](O)(CC2)[C@@]31CCN(C)S(=O)(=O)c1ccc([N+](=O)[O-])cc1[N+](=O)[O-]. The number of carbonyl (C=O) groups is 1. The van der Waals surface area contributed by atoms with Crippen LogP contribution in [0.25, 0.3) is 0 Å². The molecule has 1 aliphatic heterocycles. The van der Waals surface area contributed by atoms with Gasteiger partial charge in [0.25, 0.3) is 11.4 Å². The standard InChI is InChI=1S/C24H23N3O10S/c1-25(38(34,35)19-6-4-15(26(30)31)13-16(19)27(32)33)12-11-24-20-14-3-5-18(36-2)21(20)37-22(24)17(28)8-10-23(24,29)9-7-14/h3-6,8,10,13,22,29H,7,9,11-12H2,1-2H3/t22-,23-,24-/m0/s1. The van der Waals surface area contributed by atoms with Crippen molar-refractivity contribution in [3.05, 3.63) is 73.8 Å². The fourth-order valence-electron chi connectivity index (χ4n) is 5.84. The van der Waals surface area contributed by atoms with E-state index < -0.39 is 59.0 Å². The predicted molar refractivity (Wildman–Crippen MR) is 131 cm³/mol. The molecule has 2 aliphatic carbocycles. The fourth-order valence-corrected chi connectivity index (χ4v) is 7.14. The number of nitro groups is 2. The molecule has 2 aromatic rings. The van der Waals surface area contributed by atoms with Crippen molar-refractivity contribution in [2.24, 2.45) is 0 Å². The molecule has 2 aromatic carbocycles. The molecule has 0 spiro atoms. The summed E-state index contributed by atoms with van der Waals surface area (Å²) in [5.41, 5.74) is -2.99. The number of benzene rings is 2. The van der Waals surface area contributed by atoms with Crippen LogP contribution in [0, 0.1) is 20.2 Å². The van der Waals surface area contributed by atoms with Gasteiger partial charge >= 0.3 is 0 Å². The molecule has 14 heteroatoms. The van der Waals surface area contributed by atoms with Crippen LogP contribution in [0.4, 0.5) is 11.4 Å². The highest BCUT2D eigenvalue weighted by molar-refractivity contribution is 7.89. The molecular weight excluding hydrogens is 522 g/mol. The highest BCUT2D eigenvalue weighted by atomic mass is 32.2. The first-order valence-electron chi connectivity index (χ1n) is 11.6. The second-order valence-electron chi connectivity index (χ2n) is 9.50. The van der Waals surface area contributed by atoms with Crippen molar-refractivity contribution in [3.63, 3.8) is 0 Å². The summed E-state index contributed by atoms with van der Waals surface area (Å²) in [6.07, 6.45) is 2.26. The van der Waals surface area contributed by atoms with Crippen molar-refractivity contribution in [3.8, 4) is 11.5 Å². The zero-order chi connectivity index (χ0) is 27.6. The molecule has 0 fully saturated rings. The summed E-state index contributed by atoms with van der Waals surface area (Å²) in [7, 11) is -1.85. The Morgan fingerprint density at radius 3 is 2.61 bits per heavy atom. The van der Waals surface area contributed by atoms with Gasteiger partial charge in [-0.05, 0) is 49.1 Å². The molecule has 0 saturated heterocycles. The number of nitrogens with zero attached hydrogens (tertiary/aromatic N) is 3. The Balaban J connectivity index is 1.56. The van der Waals surface area contributed by atoms with Crippen LogP contribution in [0.1, 0.15) is 24.0 Å². The number of rotatable bonds is 8. The summed E-state index contributed by atoms with van der Waals surface area (Å²) < 4.78 is 39.2. The summed E-state index contributed by atoms with van der Waals surface area (Å²) in [5, 5.41) is 34.5. The topological polar surface area (TPSA) is 179 Å². The van der Waals surface area contributed by atoms with E-state index in [9.17, 15) is 38.5 Å². The fraction of sp³-hybridized carbons (Fsp3) is 0.375. The van der Waals surface area contributed by atoms with E-state index >= 15 is 0 Å². The number of nitro benzene ring substituents is 2. The maximum atomic E-state index is 13.4. The predicted octanol–water partition coefficient (Wildman–Crippen LogP) is 2.04. The lowest BCUT2D eigenvalue weighted by Gasteiger charge is -2.51. The Kier molecular flexibility index (Phi) is 5.81. The molecule has 200 valence electrons. The number of non-ortho nitro benzene ring substituents is 1. The van der Waals surface area contributed by atoms with Gasteiger partial charge in [-0.1, -0.05) is 6.07 Å². The van der Waals surface area contributed by atoms with Crippen LogP contribution in [0.15, 0.2) is 47.4 Å². The molecule has 5 rings (SSSR count). The van der Waals surface area contributed by atoms with Gasteiger partial charge in [-0.25, -0.2) is 12.7 Å². The average Bonchev–Trinajstić information content (AvgIpc) is 3.25. The van der Waals surface area contributed by atoms with Gasteiger partial charge in [-0.15, -0.1) is 0 Å². The van der Waals surface area contributed by atoms with Gasteiger partial charge < -0.3 is 14.6 Å². The summed E-state index contributed by atoms with van der Waals surface area (Å²) in [4.78, 5) is 33.1. The third kappa shape index (κ3) is 3.44. The highest BCUT2D eigenvalue weighted by Crippen LogP contribution is 2.61. The van der Waals surface area contributed by atoms with Crippen LogP contribution in [0.5, 0.6) is 11.5 Å². The van der Waals surface area contributed by atoms with Crippen LogP contribution in [-0.4, -0.2) is 65.9 Å². The zero-order valence-corrected chi connectivity index (χ0v) is 21.1. The minimum absolute atomic E-state index is 0.0616. The first-order chi connectivity index (χ1) is 17.9. The highest BCUT2D eigenvalue weighted by Gasteiger charge is 2.66. The van der Waals surface area contributed by atoms with Gasteiger partial charge in [-0.3, -0.25) is 25.0 Å². The molecule has 1 N–H and O–H groups in total. The molecule has 0 radical (unpaired) electrons. The minimum Gasteiger partial charge on any atom is -0.493 e.